The Kier molecular flexibility index (Phi) is 2.67. The molecule has 0 saturated heterocycles. The zero-order valence-corrected chi connectivity index (χ0v) is 9.52. The highest BCUT2D eigenvalue weighted by molar-refractivity contribution is 6.49. The minimum absolute atomic E-state index is 0.144. The van der Waals surface area contributed by atoms with Gasteiger partial charge in [0.1, 0.15) is 5.75 Å². The molecule has 1 aliphatic heterocycles. The van der Waals surface area contributed by atoms with Crippen molar-refractivity contribution in [2.24, 2.45) is 0 Å². The quantitative estimate of drug-likeness (QED) is 0.562. The molecule has 2 rings (SSSR count). The first-order valence-electron chi connectivity index (χ1n) is 5.18. The maximum atomic E-state index is 12.0. The van der Waals surface area contributed by atoms with E-state index in [1.807, 2.05) is 0 Å². The maximum Gasteiger partial charge on any atom is 0.301 e. The first-order valence-corrected chi connectivity index (χ1v) is 5.18. The van der Waals surface area contributed by atoms with Crippen LogP contribution in [-0.4, -0.2) is 36.2 Å². The molecule has 0 bridgehead atoms. The van der Waals surface area contributed by atoms with Crippen LogP contribution in [0, 0.1) is 0 Å². The number of ketones is 1. The molecule has 17 heavy (non-hydrogen) atoms. The van der Waals surface area contributed by atoms with Gasteiger partial charge in [0.15, 0.2) is 0 Å². The molecule has 0 spiro atoms. The van der Waals surface area contributed by atoms with Crippen LogP contribution in [0.2, 0.25) is 0 Å². The Balaban J connectivity index is 2.60. The first kappa shape index (κ1) is 11.3. The van der Waals surface area contributed by atoms with Gasteiger partial charge in [0, 0.05) is 12.1 Å². The molecule has 0 unspecified atom stereocenters. The molecule has 1 aromatic carbocycles. The Morgan fingerprint density at radius 1 is 1.12 bits per heavy atom. The second kappa shape index (κ2) is 4.01. The fourth-order valence-corrected chi connectivity index (χ4v) is 1.79. The first-order chi connectivity index (χ1) is 8.10. The normalized spacial score (nSPS) is 14.9. The number of carbonyl (C=O) groups is 3. The average Bonchev–Trinajstić information content (AvgIpc) is 2.36. The Labute approximate surface area is 98.0 Å². The number of Topliss-reactive ketones (excluding diaryl/α,β-unsaturated/α-hetero) is 1. The number of nitrogens with zero attached hydrogens (tertiary/aromatic N) is 1. The molecular formula is C12H11NO4. The van der Waals surface area contributed by atoms with Gasteiger partial charge in [-0.15, -0.1) is 0 Å². The van der Waals surface area contributed by atoms with Crippen molar-refractivity contribution in [2.75, 3.05) is 13.7 Å². The Morgan fingerprint density at radius 3 is 2.41 bits per heavy atom. The monoisotopic (exact) mass is 233 g/mol. The molecule has 5 heteroatoms. The summed E-state index contributed by atoms with van der Waals surface area (Å²) in [6, 6.07) is 4.48. The summed E-state index contributed by atoms with van der Waals surface area (Å²) >= 11 is 0. The maximum absolute atomic E-state index is 12.0. The molecule has 0 N–H and O–H groups in total. The molecule has 0 aromatic heterocycles. The Hall–Kier alpha value is -2.17. The van der Waals surface area contributed by atoms with E-state index in [4.69, 9.17) is 4.74 Å². The topological polar surface area (TPSA) is 63.7 Å². The van der Waals surface area contributed by atoms with Gasteiger partial charge in [-0.05, 0) is 25.1 Å². The van der Waals surface area contributed by atoms with E-state index >= 15 is 0 Å². The van der Waals surface area contributed by atoms with Gasteiger partial charge >= 0.3 is 5.91 Å². The number of fused-ring (bicyclic) bond motifs is 1. The van der Waals surface area contributed by atoms with E-state index in [9.17, 15) is 14.4 Å². The van der Waals surface area contributed by atoms with E-state index in [-0.39, 0.29) is 17.7 Å². The number of hydrogen-bond donors (Lipinski definition) is 0. The zero-order chi connectivity index (χ0) is 12.6. The van der Waals surface area contributed by atoms with Gasteiger partial charge in [-0.3, -0.25) is 19.3 Å². The highest BCUT2D eigenvalue weighted by atomic mass is 16.5. The van der Waals surface area contributed by atoms with Crippen molar-refractivity contribution in [1.29, 1.82) is 0 Å². The fraction of sp³-hybridized carbons (Fsp3) is 0.250. The minimum Gasteiger partial charge on any atom is -0.497 e. The van der Waals surface area contributed by atoms with Crippen LogP contribution in [0.15, 0.2) is 18.2 Å². The van der Waals surface area contributed by atoms with Crippen molar-refractivity contribution in [3.63, 3.8) is 0 Å². The van der Waals surface area contributed by atoms with E-state index in [0.717, 1.165) is 4.90 Å². The van der Waals surface area contributed by atoms with Crippen LogP contribution in [0.25, 0.3) is 0 Å². The van der Waals surface area contributed by atoms with Crippen molar-refractivity contribution in [3.05, 3.63) is 29.3 Å². The predicted octanol–water partition coefficient (Wildman–Crippen LogP) is 0.880. The summed E-state index contributed by atoms with van der Waals surface area (Å²) in [7, 11) is 1.47. The third-order valence-corrected chi connectivity index (χ3v) is 2.70. The fourth-order valence-electron chi connectivity index (χ4n) is 1.79. The summed E-state index contributed by atoms with van der Waals surface area (Å²) in [5.74, 6) is -1.39. The standard InChI is InChI=1S/C12H11NO4/c1-3-13-11(15)9-6-7(17-2)4-5-8(9)10(14)12(13)16/h4-6H,3H2,1-2H3. The Morgan fingerprint density at radius 2 is 1.82 bits per heavy atom. The molecule has 2 amide bonds. The molecule has 0 fully saturated rings. The highest BCUT2D eigenvalue weighted by Crippen LogP contribution is 2.24. The van der Waals surface area contributed by atoms with Crippen molar-refractivity contribution >= 4 is 17.6 Å². The van der Waals surface area contributed by atoms with Gasteiger partial charge in [0.2, 0.25) is 0 Å². The summed E-state index contributed by atoms with van der Waals surface area (Å²) in [5.41, 5.74) is 0.362. The second-order valence-electron chi connectivity index (χ2n) is 3.60. The smallest absolute Gasteiger partial charge is 0.301 e. The highest BCUT2D eigenvalue weighted by Gasteiger charge is 2.36. The lowest BCUT2D eigenvalue weighted by atomic mass is 9.97. The summed E-state index contributed by atoms with van der Waals surface area (Å²) in [4.78, 5) is 36.3. The number of rotatable bonds is 2. The number of imide groups is 1. The molecule has 88 valence electrons. The molecule has 0 saturated carbocycles. The zero-order valence-electron chi connectivity index (χ0n) is 9.52. The van der Waals surface area contributed by atoms with Gasteiger partial charge < -0.3 is 4.74 Å². The van der Waals surface area contributed by atoms with Gasteiger partial charge in [0.25, 0.3) is 11.7 Å². The van der Waals surface area contributed by atoms with Crippen LogP contribution in [0.5, 0.6) is 5.75 Å². The van der Waals surface area contributed by atoms with Crippen molar-refractivity contribution in [3.8, 4) is 5.75 Å². The Bertz CT molecular complexity index is 521. The number of benzene rings is 1. The van der Waals surface area contributed by atoms with E-state index in [1.165, 1.54) is 19.2 Å². The van der Waals surface area contributed by atoms with E-state index in [2.05, 4.69) is 0 Å². The van der Waals surface area contributed by atoms with E-state index < -0.39 is 17.6 Å². The second-order valence-corrected chi connectivity index (χ2v) is 3.60. The average molecular weight is 233 g/mol. The number of carbonyl (C=O) groups excluding carboxylic acids is 3. The van der Waals surface area contributed by atoms with Crippen LogP contribution in [0.1, 0.15) is 27.6 Å². The van der Waals surface area contributed by atoms with Gasteiger partial charge in [0.05, 0.1) is 12.7 Å². The summed E-state index contributed by atoms with van der Waals surface area (Å²) in [6.45, 7) is 1.83. The summed E-state index contributed by atoms with van der Waals surface area (Å²) < 4.78 is 4.99. The van der Waals surface area contributed by atoms with E-state index in [1.54, 1.807) is 13.0 Å². The van der Waals surface area contributed by atoms with Gasteiger partial charge in [-0.2, -0.15) is 0 Å². The van der Waals surface area contributed by atoms with Crippen LogP contribution < -0.4 is 4.74 Å². The van der Waals surface area contributed by atoms with Gasteiger partial charge in [-0.1, -0.05) is 0 Å². The van der Waals surface area contributed by atoms with Crippen molar-refractivity contribution < 1.29 is 19.1 Å². The number of methoxy groups -OCH3 is 1. The molecule has 1 heterocycles. The molecule has 0 aliphatic carbocycles. The SMILES string of the molecule is CCN1C(=O)C(=O)c2ccc(OC)cc2C1=O. The predicted molar refractivity (Wildman–Crippen MR) is 59.0 cm³/mol. The molecule has 1 aromatic rings. The number of hydrogen-bond acceptors (Lipinski definition) is 4. The molecule has 0 radical (unpaired) electrons. The van der Waals surface area contributed by atoms with Crippen LogP contribution in [0.4, 0.5) is 0 Å². The number of likely N-dealkylation sites (N-methyl/N-ethyl adjacent to an activating group) is 1. The third-order valence-electron chi connectivity index (χ3n) is 2.70. The minimum atomic E-state index is -0.768. The summed E-state index contributed by atoms with van der Waals surface area (Å²) in [6.07, 6.45) is 0. The van der Waals surface area contributed by atoms with Crippen molar-refractivity contribution in [1.82, 2.24) is 4.90 Å². The molecule has 1 aliphatic rings. The third kappa shape index (κ3) is 1.60. The molecular weight excluding hydrogens is 222 g/mol. The lowest BCUT2D eigenvalue weighted by molar-refractivity contribution is -0.124. The number of amides is 2. The van der Waals surface area contributed by atoms with Crippen molar-refractivity contribution in [2.45, 2.75) is 6.92 Å². The lowest BCUT2D eigenvalue weighted by Gasteiger charge is -2.24. The lowest BCUT2D eigenvalue weighted by Crippen LogP contribution is -2.45. The number of ether oxygens (including phenoxy) is 1. The molecule has 5 nitrogen and oxygen atoms in total. The van der Waals surface area contributed by atoms with Crippen LogP contribution in [0.3, 0.4) is 0 Å². The summed E-state index contributed by atoms with van der Waals surface area (Å²) in [5, 5.41) is 0. The van der Waals surface area contributed by atoms with E-state index in [0.29, 0.717) is 5.75 Å². The van der Waals surface area contributed by atoms with Crippen LogP contribution in [-0.2, 0) is 4.79 Å². The molecule has 0 atom stereocenters. The van der Waals surface area contributed by atoms with Crippen LogP contribution >= 0.6 is 0 Å². The largest absolute Gasteiger partial charge is 0.497 e. The van der Waals surface area contributed by atoms with Gasteiger partial charge in [-0.25, -0.2) is 0 Å².